The van der Waals surface area contributed by atoms with Gasteiger partial charge in [0.1, 0.15) is 29.9 Å². The molecule has 0 saturated carbocycles. The number of aromatic amines is 1. The van der Waals surface area contributed by atoms with Gasteiger partial charge < -0.3 is 10.3 Å². The third-order valence-electron chi connectivity index (χ3n) is 6.40. The first-order valence-electron chi connectivity index (χ1n) is 12.0. The molecule has 0 fully saturated rings. The Labute approximate surface area is 218 Å². The molecule has 0 aliphatic heterocycles. The highest BCUT2D eigenvalue weighted by atomic mass is 19.4. The van der Waals surface area contributed by atoms with Gasteiger partial charge in [0, 0.05) is 24.2 Å². The van der Waals surface area contributed by atoms with E-state index >= 15 is 0 Å². The van der Waals surface area contributed by atoms with Gasteiger partial charge in [0.15, 0.2) is 5.82 Å². The van der Waals surface area contributed by atoms with Crippen LogP contribution in [0.5, 0.6) is 0 Å². The molecule has 1 atom stereocenters. The Kier molecular flexibility index (Phi) is 5.70. The summed E-state index contributed by atoms with van der Waals surface area (Å²) in [5.74, 6) is 0.847. The molecule has 13 heteroatoms. The van der Waals surface area contributed by atoms with Crippen LogP contribution in [0.2, 0.25) is 0 Å². The van der Waals surface area contributed by atoms with E-state index in [1.165, 1.54) is 18.6 Å². The fourth-order valence-electron chi connectivity index (χ4n) is 4.66. The molecule has 0 aliphatic carbocycles. The Morgan fingerprint density at radius 3 is 2.62 bits per heavy atom. The third kappa shape index (κ3) is 4.41. The van der Waals surface area contributed by atoms with E-state index < -0.39 is 18.8 Å². The number of nitrogens with zero attached hydrogens (tertiary/aromatic N) is 7. The summed E-state index contributed by atoms with van der Waals surface area (Å²) in [6.07, 6.45) is 1.62. The highest BCUT2D eigenvalue weighted by molar-refractivity contribution is 6.00. The number of nitrogens with one attached hydrogen (secondary N) is 2. The van der Waals surface area contributed by atoms with Crippen LogP contribution in [0, 0.1) is 6.92 Å². The molecule has 1 aromatic carbocycles. The Morgan fingerprint density at radius 2 is 1.85 bits per heavy atom. The molecular formula is C26H22F3N9O. The van der Waals surface area contributed by atoms with E-state index in [4.69, 9.17) is 5.10 Å². The molecule has 39 heavy (non-hydrogen) atoms. The van der Waals surface area contributed by atoms with Gasteiger partial charge in [-0.25, -0.2) is 14.5 Å². The minimum Gasteiger partial charge on any atom is -0.360 e. The van der Waals surface area contributed by atoms with E-state index in [9.17, 15) is 18.0 Å². The number of aromatic nitrogens is 8. The molecule has 5 heterocycles. The maximum Gasteiger partial charge on any atom is 0.408 e. The van der Waals surface area contributed by atoms with Crippen LogP contribution < -0.4 is 10.9 Å². The fraction of sp³-hybridized carbons (Fsp3) is 0.192. The first-order valence-corrected chi connectivity index (χ1v) is 12.0. The summed E-state index contributed by atoms with van der Waals surface area (Å²) in [4.78, 5) is 25.4. The van der Waals surface area contributed by atoms with Crippen molar-refractivity contribution in [1.82, 2.24) is 38.9 Å². The molecule has 0 aliphatic rings. The lowest BCUT2D eigenvalue weighted by Crippen LogP contribution is -2.29. The molecule has 1 unspecified atom stereocenters. The van der Waals surface area contributed by atoms with Gasteiger partial charge in [-0.15, -0.1) is 0 Å². The largest absolute Gasteiger partial charge is 0.408 e. The highest BCUT2D eigenvalue weighted by Gasteiger charge is 2.29. The van der Waals surface area contributed by atoms with E-state index in [1.807, 2.05) is 50.2 Å². The second kappa shape index (κ2) is 9.11. The van der Waals surface area contributed by atoms with Crippen molar-refractivity contribution in [3.05, 3.63) is 89.1 Å². The highest BCUT2D eigenvalue weighted by Crippen LogP contribution is 2.33. The number of rotatable bonds is 6. The summed E-state index contributed by atoms with van der Waals surface area (Å²) in [6.45, 7) is 2.51. The van der Waals surface area contributed by atoms with Crippen LogP contribution >= 0.6 is 0 Å². The van der Waals surface area contributed by atoms with E-state index in [-0.39, 0.29) is 5.56 Å². The van der Waals surface area contributed by atoms with Crippen LogP contribution in [0.25, 0.3) is 33.5 Å². The summed E-state index contributed by atoms with van der Waals surface area (Å²) in [5, 5.41) is 12.7. The number of halogens is 3. The predicted octanol–water partition coefficient (Wildman–Crippen LogP) is 4.66. The fourth-order valence-corrected chi connectivity index (χ4v) is 4.66. The maximum atomic E-state index is 13.7. The molecule has 198 valence electrons. The predicted molar refractivity (Wildman–Crippen MR) is 139 cm³/mol. The zero-order chi connectivity index (χ0) is 27.3. The van der Waals surface area contributed by atoms with Crippen LogP contribution in [0.4, 0.5) is 19.0 Å². The molecule has 0 radical (unpaired) electrons. The van der Waals surface area contributed by atoms with Crippen LogP contribution in [0.3, 0.4) is 0 Å². The summed E-state index contributed by atoms with van der Waals surface area (Å²) in [5.41, 5.74) is 3.07. The van der Waals surface area contributed by atoms with Crippen LogP contribution in [-0.4, -0.2) is 45.1 Å². The summed E-state index contributed by atoms with van der Waals surface area (Å²) in [6, 6.07) is 12.0. The SMILES string of the molecule is Cc1ccn2nc(C(C)Nc3ncnc4[nH]cc(-c5ccn(CC(F)(F)F)n5)c34)n(-c3ccccc3)c(=O)c12. The summed E-state index contributed by atoms with van der Waals surface area (Å²) >= 11 is 0. The van der Waals surface area contributed by atoms with Crippen molar-refractivity contribution in [2.24, 2.45) is 0 Å². The van der Waals surface area contributed by atoms with Crippen molar-refractivity contribution in [2.45, 2.75) is 32.6 Å². The Morgan fingerprint density at radius 1 is 1.05 bits per heavy atom. The molecule has 6 rings (SSSR count). The standard InChI is InChI=1S/C26H22F3N9O/c1-15-8-11-37-21(15)25(39)38(17-6-4-3-5-7-17)24(35-37)16(2)33-23-20-18(12-30-22(20)31-14-32-23)19-9-10-36(34-19)13-26(27,28)29/h3-12,14,16H,13H2,1-2H3,(H2,30,31,32,33). The summed E-state index contributed by atoms with van der Waals surface area (Å²) < 4.78 is 42.6. The number of hydrogen-bond donors (Lipinski definition) is 2. The topological polar surface area (TPSA) is 111 Å². The molecular weight excluding hydrogens is 511 g/mol. The van der Waals surface area contributed by atoms with Crippen molar-refractivity contribution in [1.29, 1.82) is 0 Å². The Hall–Kier alpha value is -4.94. The van der Waals surface area contributed by atoms with Gasteiger partial charge in [-0.3, -0.25) is 14.0 Å². The number of aryl methyl sites for hydroxylation is 1. The first kappa shape index (κ1) is 24.4. The van der Waals surface area contributed by atoms with Crippen LogP contribution in [-0.2, 0) is 6.54 Å². The van der Waals surface area contributed by atoms with E-state index in [0.717, 1.165) is 10.2 Å². The monoisotopic (exact) mass is 533 g/mol. The zero-order valence-corrected chi connectivity index (χ0v) is 20.8. The molecule has 0 saturated heterocycles. The van der Waals surface area contributed by atoms with Gasteiger partial charge in [0.2, 0.25) is 0 Å². The minimum absolute atomic E-state index is 0.215. The minimum atomic E-state index is -4.39. The molecule has 0 bridgehead atoms. The molecule has 6 aromatic rings. The van der Waals surface area contributed by atoms with Gasteiger partial charge in [0.05, 0.1) is 22.8 Å². The molecule has 0 amide bonds. The normalized spacial score (nSPS) is 12.8. The molecule has 10 nitrogen and oxygen atoms in total. The van der Waals surface area contributed by atoms with Crippen molar-refractivity contribution in [3.63, 3.8) is 0 Å². The number of alkyl halides is 3. The van der Waals surface area contributed by atoms with Gasteiger partial charge in [0.25, 0.3) is 5.56 Å². The number of para-hydroxylation sites is 1. The third-order valence-corrected chi connectivity index (χ3v) is 6.40. The van der Waals surface area contributed by atoms with E-state index in [1.54, 1.807) is 21.5 Å². The quantitative estimate of drug-likeness (QED) is 0.322. The first-order chi connectivity index (χ1) is 18.7. The summed E-state index contributed by atoms with van der Waals surface area (Å²) in [7, 11) is 0. The Balaban J connectivity index is 1.44. The lowest BCUT2D eigenvalue weighted by atomic mass is 10.1. The molecule has 2 N–H and O–H groups in total. The van der Waals surface area contributed by atoms with Gasteiger partial charge in [-0.2, -0.15) is 23.4 Å². The van der Waals surface area contributed by atoms with Crippen molar-refractivity contribution in [3.8, 4) is 16.9 Å². The van der Waals surface area contributed by atoms with Crippen LogP contribution in [0.15, 0.2) is 72.2 Å². The average Bonchev–Trinajstić information content (AvgIpc) is 3.62. The number of H-pyrrole nitrogens is 1. The van der Waals surface area contributed by atoms with E-state index in [2.05, 4.69) is 25.4 Å². The van der Waals surface area contributed by atoms with Gasteiger partial charge in [-0.05, 0) is 43.7 Å². The van der Waals surface area contributed by atoms with Gasteiger partial charge in [-0.1, -0.05) is 18.2 Å². The number of hydrogen-bond acceptors (Lipinski definition) is 6. The van der Waals surface area contributed by atoms with Crippen molar-refractivity contribution < 1.29 is 13.2 Å². The zero-order valence-electron chi connectivity index (χ0n) is 20.8. The molecule has 5 aromatic heterocycles. The van der Waals surface area contributed by atoms with Crippen LogP contribution in [0.1, 0.15) is 24.4 Å². The maximum absolute atomic E-state index is 13.7. The average molecular weight is 534 g/mol. The van der Waals surface area contributed by atoms with Gasteiger partial charge >= 0.3 is 6.18 Å². The Bertz CT molecular complexity index is 1870. The lowest BCUT2D eigenvalue weighted by Gasteiger charge is -2.20. The number of anilines is 1. The second-order valence-corrected chi connectivity index (χ2v) is 9.15. The lowest BCUT2D eigenvalue weighted by molar-refractivity contribution is -0.142. The second-order valence-electron chi connectivity index (χ2n) is 9.15. The number of fused-ring (bicyclic) bond motifs is 2. The smallest absolute Gasteiger partial charge is 0.360 e. The molecule has 0 spiro atoms. The van der Waals surface area contributed by atoms with Crippen molar-refractivity contribution in [2.75, 3.05) is 5.32 Å². The number of benzene rings is 1. The van der Waals surface area contributed by atoms with Crippen molar-refractivity contribution >= 4 is 22.4 Å². The van der Waals surface area contributed by atoms with E-state index in [0.29, 0.717) is 45.1 Å².